The zero-order chi connectivity index (χ0) is 17.8. The Hall–Kier alpha value is -2.89. The molecule has 0 radical (unpaired) electrons. The molecular weight excluding hydrogens is 314 g/mol. The summed E-state index contributed by atoms with van der Waals surface area (Å²) in [5.41, 5.74) is 1.48. The van der Waals surface area contributed by atoms with E-state index in [-0.39, 0.29) is 5.91 Å². The first-order valence-electron chi connectivity index (χ1n) is 8.35. The van der Waals surface area contributed by atoms with E-state index in [1.54, 1.807) is 12.5 Å². The first-order chi connectivity index (χ1) is 12.0. The number of hydrogen-bond acceptors (Lipinski definition) is 4. The van der Waals surface area contributed by atoms with Crippen LogP contribution in [0.2, 0.25) is 0 Å². The highest BCUT2D eigenvalue weighted by Crippen LogP contribution is 2.22. The van der Waals surface area contributed by atoms with Crippen LogP contribution in [0.25, 0.3) is 10.9 Å². The highest BCUT2D eigenvalue weighted by Gasteiger charge is 2.14. The molecule has 3 aromatic rings. The number of aromatic nitrogens is 3. The minimum atomic E-state index is -0.0702. The number of carbonyl (C=O) groups excluding carboxylic acids is 1. The van der Waals surface area contributed by atoms with Crippen LogP contribution in [0.5, 0.6) is 0 Å². The van der Waals surface area contributed by atoms with Gasteiger partial charge in [0.25, 0.3) is 5.91 Å². The van der Waals surface area contributed by atoms with Crippen LogP contribution in [-0.2, 0) is 6.54 Å². The molecule has 0 aliphatic carbocycles. The van der Waals surface area contributed by atoms with Gasteiger partial charge in [-0.1, -0.05) is 25.1 Å². The first-order valence-corrected chi connectivity index (χ1v) is 8.35. The van der Waals surface area contributed by atoms with Crippen molar-refractivity contribution in [1.82, 2.24) is 19.9 Å². The van der Waals surface area contributed by atoms with E-state index >= 15 is 0 Å². The van der Waals surface area contributed by atoms with Gasteiger partial charge in [0.2, 0.25) is 0 Å². The van der Waals surface area contributed by atoms with Crippen molar-refractivity contribution in [1.29, 1.82) is 0 Å². The average molecular weight is 337 g/mol. The number of imidazole rings is 1. The monoisotopic (exact) mass is 337 g/mol. The van der Waals surface area contributed by atoms with Crippen molar-refractivity contribution in [3.8, 4) is 0 Å². The first kappa shape index (κ1) is 17.0. The van der Waals surface area contributed by atoms with Crippen molar-refractivity contribution < 1.29 is 4.79 Å². The van der Waals surface area contributed by atoms with Crippen LogP contribution >= 0.6 is 0 Å². The number of hydrogen-bond donors (Lipinski definition) is 1. The highest BCUT2D eigenvalue weighted by atomic mass is 16.1. The fraction of sp³-hybridized carbons (Fsp3) is 0.316. The standard InChI is InChI=1S/C19H23N5O/c1-14(12-24-9-8-20-13-24)11-21-19(25)16-10-18(23(2)3)22-17-7-5-4-6-15(16)17/h4-10,13-14H,11-12H2,1-3H3,(H,21,25)/t14-/m1/s1. The van der Waals surface area contributed by atoms with Gasteiger partial charge < -0.3 is 14.8 Å². The van der Waals surface area contributed by atoms with E-state index in [1.807, 2.05) is 60.1 Å². The maximum absolute atomic E-state index is 12.8. The van der Waals surface area contributed by atoms with Gasteiger partial charge in [0.05, 0.1) is 17.4 Å². The minimum absolute atomic E-state index is 0.0702. The molecule has 2 aromatic heterocycles. The fourth-order valence-electron chi connectivity index (χ4n) is 2.76. The fourth-order valence-corrected chi connectivity index (χ4v) is 2.76. The molecule has 0 unspecified atom stereocenters. The van der Waals surface area contributed by atoms with Crippen molar-refractivity contribution in [2.75, 3.05) is 25.5 Å². The Balaban J connectivity index is 1.77. The van der Waals surface area contributed by atoms with Gasteiger partial charge in [-0.25, -0.2) is 9.97 Å². The number of fused-ring (bicyclic) bond motifs is 1. The summed E-state index contributed by atoms with van der Waals surface area (Å²) in [5, 5.41) is 3.92. The number of para-hydroxylation sites is 1. The van der Waals surface area contributed by atoms with E-state index in [2.05, 4.69) is 22.2 Å². The third-order valence-electron chi connectivity index (χ3n) is 4.10. The van der Waals surface area contributed by atoms with Gasteiger partial charge in [-0.15, -0.1) is 0 Å². The topological polar surface area (TPSA) is 63.1 Å². The van der Waals surface area contributed by atoms with Crippen LogP contribution in [0.4, 0.5) is 5.82 Å². The molecule has 1 amide bonds. The van der Waals surface area contributed by atoms with Gasteiger partial charge >= 0.3 is 0 Å². The van der Waals surface area contributed by atoms with E-state index in [9.17, 15) is 4.79 Å². The number of pyridine rings is 1. The lowest BCUT2D eigenvalue weighted by Gasteiger charge is -2.16. The molecule has 0 aliphatic heterocycles. The SMILES string of the molecule is C[C@H](CNC(=O)c1cc(N(C)C)nc2ccccc12)Cn1ccnc1. The number of rotatable bonds is 6. The van der Waals surface area contributed by atoms with E-state index in [0.717, 1.165) is 23.3 Å². The van der Waals surface area contributed by atoms with Crippen molar-refractivity contribution in [2.24, 2.45) is 5.92 Å². The van der Waals surface area contributed by atoms with Crippen molar-refractivity contribution in [2.45, 2.75) is 13.5 Å². The lowest BCUT2D eigenvalue weighted by atomic mass is 10.1. The van der Waals surface area contributed by atoms with E-state index in [4.69, 9.17) is 0 Å². The summed E-state index contributed by atoms with van der Waals surface area (Å²) in [7, 11) is 3.85. The van der Waals surface area contributed by atoms with Crippen LogP contribution in [0.15, 0.2) is 49.1 Å². The van der Waals surface area contributed by atoms with Gasteiger partial charge in [0.1, 0.15) is 5.82 Å². The van der Waals surface area contributed by atoms with Crippen LogP contribution < -0.4 is 10.2 Å². The normalized spacial score (nSPS) is 12.1. The Morgan fingerprint density at radius 1 is 1.32 bits per heavy atom. The Labute approximate surface area is 147 Å². The van der Waals surface area contributed by atoms with Gasteiger partial charge in [0.15, 0.2) is 0 Å². The van der Waals surface area contributed by atoms with Crippen molar-refractivity contribution in [3.05, 3.63) is 54.6 Å². The second kappa shape index (κ2) is 7.34. The quantitative estimate of drug-likeness (QED) is 0.751. The molecule has 0 saturated heterocycles. The highest BCUT2D eigenvalue weighted by molar-refractivity contribution is 6.07. The smallest absolute Gasteiger partial charge is 0.252 e. The predicted molar refractivity (Wildman–Crippen MR) is 99.8 cm³/mol. The van der Waals surface area contributed by atoms with E-state index < -0.39 is 0 Å². The van der Waals surface area contributed by atoms with Gasteiger partial charge in [0, 0.05) is 45.0 Å². The largest absolute Gasteiger partial charge is 0.363 e. The second-order valence-corrected chi connectivity index (χ2v) is 6.51. The maximum Gasteiger partial charge on any atom is 0.252 e. The molecule has 1 atom stereocenters. The van der Waals surface area contributed by atoms with Crippen LogP contribution in [0, 0.1) is 5.92 Å². The molecule has 25 heavy (non-hydrogen) atoms. The molecule has 0 saturated carbocycles. The third kappa shape index (κ3) is 3.96. The maximum atomic E-state index is 12.8. The molecule has 130 valence electrons. The van der Waals surface area contributed by atoms with Crippen LogP contribution in [0.1, 0.15) is 17.3 Å². The van der Waals surface area contributed by atoms with Crippen molar-refractivity contribution >= 4 is 22.6 Å². The molecule has 0 aliphatic rings. The van der Waals surface area contributed by atoms with Crippen LogP contribution in [0.3, 0.4) is 0 Å². The number of anilines is 1. The predicted octanol–water partition coefficient (Wildman–Crippen LogP) is 2.56. The number of nitrogens with one attached hydrogen (secondary N) is 1. The van der Waals surface area contributed by atoms with Gasteiger partial charge in [-0.05, 0) is 18.1 Å². The minimum Gasteiger partial charge on any atom is -0.363 e. The number of nitrogens with zero attached hydrogens (tertiary/aromatic N) is 4. The van der Waals surface area contributed by atoms with Crippen molar-refractivity contribution in [3.63, 3.8) is 0 Å². The molecule has 0 fully saturated rings. The Morgan fingerprint density at radius 2 is 2.12 bits per heavy atom. The van der Waals surface area contributed by atoms with E-state index in [1.165, 1.54) is 0 Å². The number of benzene rings is 1. The summed E-state index contributed by atoms with van der Waals surface area (Å²) < 4.78 is 2.02. The molecule has 0 spiro atoms. The summed E-state index contributed by atoms with van der Waals surface area (Å²) in [5.74, 6) is 1.01. The average Bonchev–Trinajstić information content (AvgIpc) is 3.11. The molecule has 1 N–H and O–H groups in total. The molecule has 2 heterocycles. The molecule has 6 heteroatoms. The summed E-state index contributed by atoms with van der Waals surface area (Å²) in [4.78, 5) is 23.3. The summed E-state index contributed by atoms with van der Waals surface area (Å²) >= 11 is 0. The Morgan fingerprint density at radius 3 is 2.84 bits per heavy atom. The van der Waals surface area contributed by atoms with Crippen LogP contribution in [-0.4, -0.2) is 41.1 Å². The van der Waals surface area contributed by atoms with Gasteiger partial charge in [-0.3, -0.25) is 4.79 Å². The van der Waals surface area contributed by atoms with Gasteiger partial charge in [-0.2, -0.15) is 0 Å². The summed E-state index contributed by atoms with van der Waals surface area (Å²) in [6, 6.07) is 9.58. The lowest BCUT2D eigenvalue weighted by Crippen LogP contribution is -2.30. The third-order valence-corrected chi connectivity index (χ3v) is 4.10. The second-order valence-electron chi connectivity index (χ2n) is 6.51. The summed E-state index contributed by atoms with van der Waals surface area (Å²) in [6.07, 6.45) is 5.48. The zero-order valence-electron chi connectivity index (χ0n) is 14.8. The number of carbonyl (C=O) groups is 1. The molecule has 3 rings (SSSR count). The number of amides is 1. The molecular formula is C19H23N5O. The lowest BCUT2D eigenvalue weighted by molar-refractivity contribution is 0.0948. The molecule has 0 bridgehead atoms. The molecule has 6 nitrogen and oxygen atoms in total. The summed E-state index contributed by atoms with van der Waals surface area (Å²) in [6.45, 7) is 3.53. The zero-order valence-corrected chi connectivity index (χ0v) is 14.8. The van der Waals surface area contributed by atoms with E-state index in [0.29, 0.717) is 18.0 Å². The molecule has 1 aromatic carbocycles. The Kier molecular flexibility index (Phi) is 4.97. The Bertz CT molecular complexity index is 857.